The molecule has 128 valence electrons. The van der Waals surface area contributed by atoms with Gasteiger partial charge >= 0.3 is 0 Å². The normalized spacial score (nSPS) is 13.0. The molecule has 10 heteroatoms. The van der Waals surface area contributed by atoms with Gasteiger partial charge in [0.25, 0.3) is 0 Å². The van der Waals surface area contributed by atoms with Crippen LogP contribution < -0.4 is 4.72 Å². The summed E-state index contributed by atoms with van der Waals surface area (Å²) in [6.07, 6.45) is 1.70. The second kappa shape index (κ2) is 10.5. The minimum Gasteiger partial charge on any atom is -0.395 e. The van der Waals surface area contributed by atoms with E-state index in [-0.39, 0.29) is 37.7 Å². The number of sulfone groups is 1. The summed E-state index contributed by atoms with van der Waals surface area (Å²) >= 11 is 0. The fourth-order valence-corrected chi connectivity index (χ4v) is 3.71. The van der Waals surface area contributed by atoms with E-state index in [4.69, 9.17) is 10.2 Å². The smallest absolute Gasteiger partial charge is 0.211 e. The Morgan fingerprint density at radius 1 is 0.905 bits per heavy atom. The molecular formula is C11H26N2O6S2. The Kier molecular flexibility index (Phi) is 10.3. The largest absolute Gasteiger partial charge is 0.395 e. The van der Waals surface area contributed by atoms with Crippen molar-refractivity contribution in [3.05, 3.63) is 0 Å². The molecule has 0 unspecified atom stereocenters. The highest BCUT2D eigenvalue weighted by atomic mass is 32.2. The molecule has 0 fully saturated rings. The lowest BCUT2D eigenvalue weighted by Crippen LogP contribution is -2.34. The summed E-state index contributed by atoms with van der Waals surface area (Å²) in [7, 11) is -6.60. The van der Waals surface area contributed by atoms with Crippen LogP contribution in [0.25, 0.3) is 0 Å². The molecule has 0 atom stereocenters. The summed E-state index contributed by atoms with van der Waals surface area (Å²) in [5.41, 5.74) is 0. The third-order valence-corrected chi connectivity index (χ3v) is 5.23. The Morgan fingerprint density at radius 2 is 1.48 bits per heavy atom. The van der Waals surface area contributed by atoms with Gasteiger partial charge in [0.2, 0.25) is 10.0 Å². The van der Waals surface area contributed by atoms with Gasteiger partial charge in [0.1, 0.15) is 9.84 Å². The van der Waals surface area contributed by atoms with Crippen LogP contribution in [0.3, 0.4) is 0 Å². The topological polar surface area (TPSA) is 124 Å². The maximum absolute atomic E-state index is 11.6. The van der Waals surface area contributed by atoms with Gasteiger partial charge in [0, 0.05) is 25.9 Å². The first-order chi connectivity index (χ1) is 9.70. The van der Waals surface area contributed by atoms with Crippen LogP contribution in [-0.2, 0) is 19.9 Å². The quantitative estimate of drug-likeness (QED) is 0.330. The molecular weight excluding hydrogens is 320 g/mol. The van der Waals surface area contributed by atoms with Gasteiger partial charge in [-0.2, -0.15) is 0 Å². The van der Waals surface area contributed by atoms with E-state index in [1.165, 1.54) is 0 Å². The van der Waals surface area contributed by atoms with E-state index in [1.807, 2.05) is 4.90 Å². The highest BCUT2D eigenvalue weighted by Crippen LogP contribution is 1.95. The van der Waals surface area contributed by atoms with Crippen molar-refractivity contribution in [2.24, 2.45) is 0 Å². The molecule has 0 saturated heterocycles. The van der Waals surface area contributed by atoms with Crippen LogP contribution in [0.4, 0.5) is 0 Å². The number of aliphatic hydroxyl groups is 2. The molecule has 3 N–H and O–H groups in total. The van der Waals surface area contributed by atoms with Crippen molar-refractivity contribution < 1.29 is 27.0 Å². The molecule has 0 saturated carbocycles. The van der Waals surface area contributed by atoms with Crippen molar-refractivity contribution in [2.75, 3.05) is 57.2 Å². The number of aliphatic hydroxyl groups excluding tert-OH is 2. The number of rotatable bonds is 13. The van der Waals surface area contributed by atoms with E-state index in [0.29, 0.717) is 26.1 Å². The van der Waals surface area contributed by atoms with E-state index in [1.54, 1.807) is 0 Å². The lowest BCUT2D eigenvalue weighted by molar-refractivity contribution is 0.160. The molecule has 0 radical (unpaired) electrons. The van der Waals surface area contributed by atoms with Gasteiger partial charge in [0.15, 0.2) is 0 Å². The molecule has 21 heavy (non-hydrogen) atoms. The molecule has 0 bridgehead atoms. The van der Waals surface area contributed by atoms with Crippen LogP contribution in [0.1, 0.15) is 12.8 Å². The monoisotopic (exact) mass is 346 g/mol. The van der Waals surface area contributed by atoms with Crippen molar-refractivity contribution in [3.8, 4) is 0 Å². The Hall–Kier alpha value is -0.260. The first kappa shape index (κ1) is 20.7. The van der Waals surface area contributed by atoms with Crippen molar-refractivity contribution in [3.63, 3.8) is 0 Å². The van der Waals surface area contributed by atoms with E-state index in [2.05, 4.69) is 4.72 Å². The molecule has 0 aromatic heterocycles. The average Bonchev–Trinajstić information content (AvgIpc) is 2.33. The zero-order chi connectivity index (χ0) is 16.4. The zero-order valence-electron chi connectivity index (χ0n) is 12.4. The SMILES string of the molecule is CS(=O)(=O)CCCS(=O)(=O)NCCCN(CCO)CCO. The predicted molar refractivity (Wildman–Crippen MR) is 81.3 cm³/mol. The van der Waals surface area contributed by atoms with Crippen molar-refractivity contribution in [1.29, 1.82) is 0 Å². The number of sulfonamides is 1. The van der Waals surface area contributed by atoms with Gasteiger partial charge in [-0.25, -0.2) is 21.6 Å². The maximum atomic E-state index is 11.6. The fourth-order valence-electron chi connectivity index (χ4n) is 1.73. The van der Waals surface area contributed by atoms with Gasteiger partial charge in [-0.1, -0.05) is 0 Å². The molecule has 0 aliphatic heterocycles. The molecule has 0 aliphatic rings. The summed E-state index contributed by atoms with van der Waals surface area (Å²) in [4.78, 5) is 1.83. The summed E-state index contributed by atoms with van der Waals surface area (Å²) in [6, 6.07) is 0. The van der Waals surface area contributed by atoms with Gasteiger partial charge in [0.05, 0.1) is 24.7 Å². The summed E-state index contributed by atoms with van der Waals surface area (Å²) in [5, 5.41) is 17.7. The number of hydrogen-bond acceptors (Lipinski definition) is 7. The van der Waals surface area contributed by atoms with Gasteiger partial charge in [-0.05, 0) is 19.4 Å². The van der Waals surface area contributed by atoms with E-state index in [9.17, 15) is 16.8 Å². The minimum atomic E-state index is -3.46. The van der Waals surface area contributed by atoms with Crippen molar-refractivity contribution >= 4 is 19.9 Å². The fraction of sp³-hybridized carbons (Fsp3) is 1.00. The number of hydrogen-bond donors (Lipinski definition) is 3. The summed E-state index contributed by atoms with van der Waals surface area (Å²) < 4.78 is 47.5. The lowest BCUT2D eigenvalue weighted by Gasteiger charge is -2.19. The zero-order valence-corrected chi connectivity index (χ0v) is 14.0. The van der Waals surface area contributed by atoms with Crippen molar-refractivity contribution in [1.82, 2.24) is 9.62 Å². The van der Waals surface area contributed by atoms with Crippen LogP contribution >= 0.6 is 0 Å². The van der Waals surface area contributed by atoms with Gasteiger partial charge in [-0.15, -0.1) is 0 Å². The Bertz CT molecular complexity index is 457. The van der Waals surface area contributed by atoms with Gasteiger partial charge in [-0.3, -0.25) is 4.90 Å². The van der Waals surface area contributed by atoms with Crippen LogP contribution in [0, 0.1) is 0 Å². The Balaban J connectivity index is 3.92. The van der Waals surface area contributed by atoms with E-state index < -0.39 is 19.9 Å². The molecule has 0 rings (SSSR count). The van der Waals surface area contributed by atoms with E-state index >= 15 is 0 Å². The lowest BCUT2D eigenvalue weighted by atomic mass is 10.3. The number of nitrogens with zero attached hydrogens (tertiary/aromatic N) is 1. The molecule has 0 spiro atoms. The highest BCUT2D eigenvalue weighted by Gasteiger charge is 2.12. The van der Waals surface area contributed by atoms with Crippen LogP contribution in [-0.4, -0.2) is 89.1 Å². The molecule has 0 heterocycles. The second-order valence-corrected chi connectivity index (χ2v) is 9.03. The van der Waals surface area contributed by atoms with Crippen molar-refractivity contribution in [2.45, 2.75) is 12.8 Å². The maximum Gasteiger partial charge on any atom is 0.211 e. The van der Waals surface area contributed by atoms with E-state index in [0.717, 1.165) is 6.26 Å². The third kappa shape index (κ3) is 13.1. The Morgan fingerprint density at radius 3 is 1.95 bits per heavy atom. The van der Waals surface area contributed by atoms with Crippen LogP contribution in [0.5, 0.6) is 0 Å². The first-order valence-corrected chi connectivity index (χ1v) is 10.5. The van der Waals surface area contributed by atoms with Gasteiger partial charge < -0.3 is 10.2 Å². The molecule has 0 aromatic rings. The predicted octanol–water partition coefficient (Wildman–Crippen LogP) is -1.98. The average molecular weight is 346 g/mol. The van der Waals surface area contributed by atoms with Crippen LogP contribution in [0.15, 0.2) is 0 Å². The summed E-state index contributed by atoms with van der Waals surface area (Å²) in [5.74, 6) is -0.355. The first-order valence-electron chi connectivity index (χ1n) is 6.79. The second-order valence-electron chi connectivity index (χ2n) is 4.84. The van der Waals surface area contributed by atoms with Crippen LogP contribution in [0.2, 0.25) is 0 Å². The Labute approximate surface area is 127 Å². The third-order valence-electron chi connectivity index (χ3n) is 2.73. The standard InChI is InChI=1S/C11H26N2O6S2/c1-20(16,17)10-3-11-21(18,19)12-4-2-5-13(6-8-14)7-9-15/h12,14-15H,2-11H2,1H3. The molecule has 0 aliphatic carbocycles. The molecule has 0 aromatic carbocycles. The summed E-state index contributed by atoms with van der Waals surface area (Å²) in [6.45, 7) is 1.64. The molecule has 0 amide bonds. The number of nitrogens with one attached hydrogen (secondary N) is 1. The molecule has 8 nitrogen and oxygen atoms in total. The highest BCUT2D eigenvalue weighted by molar-refractivity contribution is 7.91. The minimum absolute atomic E-state index is 0.0166.